The zero-order valence-electron chi connectivity index (χ0n) is 13.2. The smallest absolute Gasteiger partial charge is 0.248 e. The van der Waals surface area contributed by atoms with E-state index in [-0.39, 0.29) is 18.4 Å². The quantitative estimate of drug-likeness (QED) is 0.901. The highest BCUT2D eigenvalue weighted by Crippen LogP contribution is 2.27. The third-order valence-corrected chi connectivity index (χ3v) is 4.40. The van der Waals surface area contributed by atoms with Crippen molar-refractivity contribution in [2.24, 2.45) is 0 Å². The lowest BCUT2D eigenvalue weighted by atomic mass is 10.1. The third-order valence-electron chi connectivity index (χ3n) is 3.71. The lowest BCUT2D eigenvalue weighted by molar-refractivity contribution is -0.134. The number of hydrogen-bond acceptors (Lipinski definition) is 7. The Labute approximate surface area is 138 Å². The molecule has 0 aromatic carbocycles. The fourth-order valence-corrected chi connectivity index (χ4v) is 3.18. The number of carbonyl (C=O) groups excluding carboxylic acids is 1. The van der Waals surface area contributed by atoms with Crippen LogP contribution in [0.1, 0.15) is 23.9 Å². The van der Waals surface area contributed by atoms with Gasteiger partial charge in [-0.2, -0.15) is 0 Å². The highest BCUT2D eigenvalue weighted by Gasteiger charge is 2.29. The zero-order valence-corrected chi connectivity index (χ0v) is 14.0. The Morgan fingerprint density at radius 1 is 1.52 bits per heavy atom. The fourth-order valence-electron chi connectivity index (χ4n) is 2.65. The van der Waals surface area contributed by atoms with Gasteiger partial charge in [0.1, 0.15) is 18.2 Å². The molecule has 8 heteroatoms. The molecule has 0 aliphatic carbocycles. The largest absolute Gasteiger partial charge is 0.375 e. The van der Waals surface area contributed by atoms with Crippen molar-refractivity contribution in [1.82, 2.24) is 19.9 Å². The van der Waals surface area contributed by atoms with Gasteiger partial charge in [-0.05, 0) is 13.3 Å². The Kier molecular flexibility index (Phi) is 4.82. The molecule has 0 radical (unpaired) electrons. The number of nitrogens with one attached hydrogen (secondary N) is 1. The second kappa shape index (κ2) is 7.01. The average molecular weight is 333 g/mol. The third kappa shape index (κ3) is 3.83. The van der Waals surface area contributed by atoms with Crippen LogP contribution in [0.3, 0.4) is 0 Å². The van der Waals surface area contributed by atoms with Crippen molar-refractivity contribution in [1.29, 1.82) is 0 Å². The summed E-state index contributed by atoms with van der Waals surface area (Å²) >= 11 is 1.52. The summed E-state index contributed by atoms with van der Waals surface area (Å²) in [5.41, 5.74) is 0.899. The van der Waals surface area contributed by atoms with Gasteiger partial charge in [-0.1, -0.05) is 0 Å². The van der Waals surface area contributed by atoms with Crippen molar-refractivity contribution in [3.63, 3.8) is 0 Å². The summed E-state index contributed by atoms with van der Waals surface area (Å²) in [6, 6.07) is 1.90. The van der Waals surface area contributed by atoms with E-state index in [9.17, 15) is 4.79 Å². The SMILES string of the molecule is COCC(=O)N1CCC(c2nc(C)cc(Nc3nccs3)n2)C1. The molecule has 3 rings (SSSR count). The molecule has 23 heavy (non-hydrogen) atoms. The molecule has 2 aromatic heterocycles. The number of amides is 1. The monoisotopic (exact) mass is 333 g/mol. The highest BCUT2D eigenvalue weighted by molar-refractivity contribution is 7.13. The summed E-state index contributed by atoms with van der Waals surface area (Å²) in [7, 11) is 1.53. The summed E-state index contributed by atoms with van der Waals surface area (Å²) in [4.78, 5) is 27.1. The van der Waals surface area contributed by atoms with Gasteiger partial charge < -0.3 is 15.0 Å². The van der Waals surface area contributed by atoms with Crippen LogP contribution in [-0.2, 0) is 9.53 Å². The number of carbonyl (C=O) groups is 1. The zero-order chi connectivity index (χ0) is 16.2. The maximum absolute atomic E-state index is 11.9. The van der Waals surface area contributed by atoms with Gasteiger partial charge >= 0.3 is 0 Å². The van der Waals surface area contributed by atoms with Gasteiger partial charge in [-0.25, -0.2) is 15.0 Å². The number of nitrogens with zero attached hydrogens (tertiary/aromatic N) is 4. The Hall–Kier alpha value is -2.06. The molecule has 2 aromatic rings. The predicted octanol–water partition coefficient (Wildman–Crippen LogP) is 1.95. The first-order chi connectivity index (χ1) is 11.2. The predicted molar refractivity (Wildman–Crippen MR) is 88.0 cm³/mol. The van der Waals surface area contributed by atoms with Gasteiger partial charge in [0.05, 0.1) is 0 Å². The normalized spacial score (nSPS) is 17.5. The van der Waals surface area contributed by atoms with E-state index in [1.165, 1.54) is 18.4 Å². The van der Waals surface area contributed by atoms with E-state index in [4.69, 9.17) is 4.74 Å². The molecule has 1 atom stereocenters. The van der Waals surface area contributed by atoms with Crippen LogP contribution in [0, 0.1) is 6.92 Å². The van der Waals surface area contributed by atoms with Crippen molar-refractivity contribution < 1.29 is 9.53 Å². The number of rotatable bonds is 5. The summed E-state index contributed by atoms with van der Waals surface area (Å²) < 4.78 is 4.92. The van der Waals surface area contributed by atoms with E-state index in [1.54, 1.807) is 6.20 Å². The summed E-state index contributed by atoms with van der Waals surface area (Å²) in [5.74, 6) is 1.69. The van der Waals surface area contributed by atoms with Crippen molar-refractivity contribution >= 4 is 28.2 Å². The van der Waals surface area contributed by atoms with E-state index in [0.717, 1.165) is 35.4 Å². The van der Waals surface area contributed by atoms with Crippen molar-refractivity contribution in [2.45, 2.75) is 19.3 Å². The molecule has 1 amide bonds. The molecule has 1 aliphatic heterocycles. The van der Waals surface area contributed by atoms with Crippen LogP contribution in [0.15, 0.2) is 17.6 Å². The van der Waals surface area contributed by atoms with Crippen LogP contribution in [0.2, 0.25) is 0 Å². The summed E-state index contributed by atoms with van der Waals surface area (Å²) in [5, 5.41) is 5.91. The first kappa shape index (κ1) is 15.8. The van der Waals surface area contributed by atoms with Crippen LogP contribution in [0.5, 0.6) is 0 Å². The van der Waals surface area contributed by atoms with Gasteiger partial charge in [0, 0.05) is 49.5 Å². The van der Waals surface area contributed by atoms with Crippen molar-refractivity contribution in [2.75, 3.05) is 32.1 Å². The molecular formula is C15H19N5O2S. The Balaban J connectivity index is 1.73. The topological polar surface area (TPSA) is 80.2 Å². The number of hydrogen-bond donors (Lipinski definition) is 1. The van der Waals surface area contributed by atoms with Gasteiger partial charge in [-0.3, -0.25) is 4.79 Å². The molecule has 0 spiro atoms. The standard InChI is InChI=1S/C15H19N5O2S/c1-10-7-12(19-15-16-4-6-23-15)18-14(17-10)11-3-5-20(8-11)13(21)9-22-2/h4,6-7,11H,3,5,8-9H2,1-2H3,(H,16,17,18,19). The molecule has 122 valence electrons. The minimum atomic E-state index is 0.0174. The van der Waals surface area contributed by atoms with Gasteiger partial charge in [0.15, 0.2) is 5.13 Å². The second-order valence-electron chi connectivity index (χ2n) is 5.47. The molecule has 1 N–H and O–H groups in total. The van der Waals surface area contributed by atoms with E-state index in [2.05, 4.69) is 20.3 Å². The number of methoxy groups -OCH3 is 1. The number of aromatic nitrogens is 3. The first-order valence-corrected chi connectivity index (χ1v) is 8.32. The number of likely N-dealkylation sites (tertiary alicyclic amines) is 1. The molecule has 1 aliphatic rings. The molecule has 1 saturated heterocycles. The fraction of sp³-hybridized carbons (Fsp3) is 0.467. The minimum Gasteiger partial charge on any atom is -0.375 e. The van der Waals surface area contributed by atoms with E-state index in [1.807, 2.05) is 23.3 Å². The summed E-state index contributed by atoms with van der Waals surface area (Å²) in [6.45, 7) is 3.43. The Bertz CT molecular complexity index is 677. The number of anilines is 2. The van der Waals surface area contributed by atoms with E-state index < -0.39 is 0 Å². The van der Waals surface area contributed by atoms with Gasteiger partial charge in [0.2, 0.25) is 5.91 Å². The van der Waals surface area contributed by atoms with Gasteiger partial charge in [-0.15, -0.1) is 11.3 Å². The molecule has 0 saturated carbocycles. The number of ether oxygens (including phenoxy) is 1. The molecular weight excluding hydrogens is 314 g/mol. The van der Waals surface area contributed by atoms with E-state index in [0.29, 0.717) is 6.54 Å². The van der Waals surface area contributed by atoms with Crippen LogP contribution in [0.4, 0.5) is 10.9 Å². The molecule has 0 bridgehead atoms. The second-order valence-corrected chi connectivity index (χ2v) is 6.37. The maximum Gasteiger partial charge on any atom is 0.248 e. The lowest BCUT2D eigenvalue weighted by Crippen LogP contribution is -2.31. The molecule has 1 fully saturated rings. The average Bonchev–Trinajstić information content (AvgIpc) is 3.18. The highest BCUT2D eigenvalue weighted by atomic mass is 32.1. The molecule has 3 heterocycles. The first-order valence-electron chi connectivity index (χ1n) is 7.44. The van der Waals surface area contributed by atoms with Crippen LogP contribution >= 0.6 is 11.3 Å². The Morgan fingerprint density at radius 3 is 3.13 bits per heavy atom. The van der Waals surface area contributed by atoms with E-state index >= 15 is 0 Å². The maximum atomic E-state index is 11.9. The number of aryl methyl sites for hydroxylation is 1. The van der Waals surface area contributed by atoms with Crippen LogP contribution < -0.4 is 5.32 Å². The number of thiazole rings is 1. The minimum absolute atomic E-state index is 0.0174. The van der Waals surface area contributed by atoms with Gasteiger partial charge in [0.25, 0.3) is 0 Å². The van der Waals surface area contributed by atoms with Crippen molar-refractivity contribution in [3.05, 3.63) is 29.2 Å². The Morgan fingerprint density at radius 2 is 2.39 bits per heavy atom. The lowest BCUT2D eigenvalue weighted by Gasteiger charge is -2.16. The molecule has 1 unspecified atom stereocenters. The molecule has 7 nitrogen and oxygen atoms in total. The van der Waals surface area contributed by atoms with Crippen LogP contribution in [0.25, 0.3) is 0 Å². The summed E-state index contributed by atoms with van der Waals surface area (Å²) in [6.07, 6.45) is 2.62. The van der Waals surface area contributed by atoms with Crippen molar-refractivity contribution in [3.8, 4) is 0 Å². The van der Waals surface area contributed by atoms with Crippen LogP contribution in [-0.4, -0.2) is 52.6 Å².